The fourth-order valence-corrected chi connectivity index (χ4v) is 5.22. The number of esters is 1. The molecule has 0 atom stereocenters. The van der Waals surface area contributed by atoms with Crippen LogP contribution in [0, 0.1) is 17.1 Å². The Balaban J connectivity index is 1.20. The Morgan fingerprint density at radius 2 is 1.98 bits per heavy atom. The van der Waals surface area contributed by atoms with Crippen LogP contribution in [0.25, 0.3) is 11.0 Å². The van der Waals surface area contributed by atoms with Gasteiger partial charge >= 0.3 is 5.97 Å². The highest BCUT2D eigenvalue weighted by Gasteiger charge is 2.24. The molecule has 0 spiro atoms. The third kappa shape index (κ3) is 6.78. The van der Waals surface area contributed by atoms with Gasteiger partial charge in [-0.2, -0.15) is 5.26 Å². The standard InChI is InChI=1S/C31H35FN6O4/c1-3-15-41-16-14-37-28-18-23(31(39)40-2)6-7-27(28)34-29(37)20-36-11-8-25(9-12-36)38-13-10-30(35-38)42-21-24-5-4-22(19-33)17-26(24)32/h4-7,10,13,17-18,25H,3,8-9,11-12,14-16,20-21H2,1-2H3. The van der Waals surface area contributed by atoms with Crippen molar-refractivity contribution in [3.05, 3.63) is 77.0 Å². The second-order valence-corrected chi connectivity index (χ2v) is 10.3. The Morgan fingerprint density at radius 3 is 2.71 bits per heavy atom. The molecule has 0 aliphatic carbocycles. The van der Waals surface area contributed by atoms with Gasteiger partial charge in [0.2, 0.25) is 5.88 Å². The van der Waals surface area contributed by atoms with Crippen LogP contribution in [0.1, 0.15) is 59.5 Å². The van der Waals surface area contributed by atoms with Crippen LogP contribution in [0.3, 0.4) is 0 Å². The number of piperidine rings is 1. The number of hydrogen-bond donors (Lipinski definition) is 0. The van der Waals surface area contributed by atoms with Crippen LogP contribution in [0.15, 0.2) is 48.7 Å². The van der Waals surface area contributed by atoms with Crippen molar-refractivity contribution in [2.24, 2.45) is 0 Å². The van der Waals surface area contributed by atoms with Crippen LogP contribution >= 0.6 is 0 Å². The first kappa shape index (κ1) is 29.2. The summed E-state index contributed by atoms with van der Waals surface area (Å²) in [7, 11) is 1.38. The highest BCUT2D eigenvalue weighted by molar-refractivity contribution is 5.93. The Morgan fingerprint density at radius 1 is 1.14 bits per heavy atom. The van der Waals surface area contributed by atoms with Crippen LogP contribution in [0.2, 0.25) is 0 Å². The average molecular weight is 575 g/mol. The molecule has 5 rings (SSSR count). The Hall–Kier alpha value is -4.27. The Bertz CT molecular complexity index is 1570. The van der Waals surface area contributed by atoms with Crippen molar-refractivity contribution in [3.8, 4) is 11.9 Å². The van der Waals surface area contributed by atoms with Gasteiger partial charge in [0.1, 0.15) is 18.2 Å². The highest BCUT2D eigenvalue weighted by atomic mass is 19.1. The molecule has 10 nitrogen and oxygen atoms in total. The lowest BCUT2D eigenvalue weighted by Crippen LogP contribution is -2.35. The number of benzene rings is 2. The largest absolute Gasteiger partial charge is 0.472 e. The van der Waals surface area contributed by atoms with Crippen LogP contribution in [0.5, 0.6) is 5.88 Å². The molecule has 1 aliphatic rings. The van der Waals surface area contributed by atoms with E-state index in [2.05, 4.69) is 21.5 Å². The smallest absolute Gasteiger partial charge is 0.337 e. The number of likely N-dealkylation sites (tertiary alicyclic amines) is 1. The summed E-state index contributed by atoms with van der Waals surface area (Å²) in [6.45, 7) is 6.48. The monoisotopic (exact) mass is 574 g/mol. The maximum atomic E-state index is 14.2. The minimum atomic E-state index is -0.466. The zero-order valence-corrected chi connectivity index (χ0v) is 24.0. The molecule has 2 aromatic heterocycles. The number of fused-ring (bicyclic) bond motifs is 1. The lowest BCUT2D eigenvalue weighted by Gasteiger charge is -2.31. The number of imidazole rings is 1. The molecule has 220 valence electrons. The topological polar surface area (TPSA) is 107 Å². The fraction of sp³-hybridized carbons (Fsp3) is 0.419. The van der Waals surface area contributed by atoms with Crippen LogP contribution in [0.4, 0.5) is 4.39 Å². The predicted molar refractivity (Wildman–Crippen MR) is 153 cm³/mol. The second-order valence-electron chi connectivity index (χ2n) is 10.3. The molecular formula is C31H35FN6O4. The number of methoxy groups -OCH3 is 1. The van der Waals surface area contributed by atoms with E-state index in [1.807, 2.05) is 29.1 Å². The van der Waals surface area contributed by atoms with Crippen molar-refractivity contribution < 1.29 is 23.4 Å². The lowest BCUT2D eigenvalue weighted by molar-refractivity contribution is 0.0601. The molecule has 1 aliphatic heterocycles. The van der Waals surface area contributed by atoms with Crippen molar-refractivity contribution in [2.75, 3.05) is 33.4 Å². The molecule has 4 aromatic rings. The van der Waals surface area contributed by atoms with Gasteiger partial charge < -0.3 is 18.8 Å². The molecule has 1 saturated heterocycles. The molecule has 0 amide bonds. The Kier molecular flexibility index (Phi) is 9.46. The number of ether oxygens (including phenoxy) is 3. The van der Waals surface area contributed by atoms with Gasteiger partial charge in [-0.1, -0.05) is 13.0 Å². The SMILES string of the molecule is CCCOCCn1c(CN2CCC(n3ccc(OCc4ccc(C#N)cc4F)n3)CC2)nc2ccc(C(=O)OC)cc21. The summed E-state index contributed by atoms with van der Waals surface area (Å²) in [5, 5.41) is 13.5. The number of hydrogen-bond acceptors (Lipinski definition) is 8. The first-order chi connectivity index (χ1) is 20.5. The van der Waals surface area contributed by atoms with Crippen LogP contribution in [-0.2, 0) is 29.2 Å². The average Bonchev–Trinajstić information content (AvgIpc) is 3.63. The molecule has 0 N–H and O–H groups in total. The van der Waals surface area contributed by atoms with E-state index in [0.717, 1.165) is 49.2 Å². The van der Waals surface area contributed by atoms with Gasteiger partial charge in [-0.25, -0.2) is 14.2 Å². The van der Waals surface area contributed by atoms with Crippen molar-refractivity contribution >= 4 is 17.0 Å². The molecular weight excluding hydrogens is 539 g/mol. The number of carbonyl (C=O) groups excluding carboxylic acids is 1. The van der Waals surface area contributed by atoms with Gasteiger partial charge in [-0.15, -0.1) is 5.10 Å². The van der Waals surface area contributed by atoms with E-state index >= 15 is 0 Å². The number of aromatic nitrogens is 4. The van der Waals surface area contributed by atoms with E-state index in [-0.39, 0.29) is 24.2 Å². The summed E-state index contributed by atoms with van der Waals surface area (Å²) < 4.78 is 34.7. The number of halogens is 1. The molecule has 0 radical (unpaired) electrons. The number of nitriles is 1. The molecule has 2 aromatic carbocycles. The maximum absolute atomic E-state index is 14.2. The quantitative estimate of drug-likeness (QED) is 0.174. The predicted octanol–water partition coefficient (Wildman–Crippen LogP) is 4.87. The van der Waals surface area contributed by atoms with Gasteiger partial charge in [-0.3, -0.25) is 9.58 Å². The van der Waals surface area contributed by atoms with Gasteiger partial charge in [0.15, 0.2) is 0 Å². The summed E-state index contributed by atoms with van der Waals surface area (Å²) in [5.41, 5.74) is 2.89. The molecule has 1 fully saturated rings. The normalized spacial score (nSPS) is 14.2. The highest BCUT2D eigenvalue weighted by Crippen LogP contribution is 2.26. The van der Waals surface area contributed by atoms with Crippen molar-refractivity contribution in [3.63, 3.8) is 0 Å². The second kappa shape index (κ2) is 13.6. The van der Waals surface area contributed by atoms with E-state index in [9.17, 15) is 9.18 Å². The molecule has 42 heavy (non-hydrogen) atoms. The number of nitrogens with zero attached hydrogens (tertiary/aromatic N) is 6. The van der Waals surface area contributed by atoms with Crippen LogP contribution < -0.4 is 4.74 Å². The first-order valence-electron chi connectivity index (χ1n) is 14.2. The minimum Gasteiger partial charge on any atom is -0.472 e. The summed E-state index contributed by atoms with van der Waals surface area (Å²) in [6, 6.07) is 13.8. The third-order valence-electron chi connectivity index (χ3n) is 7.49. The van der Waals surface area contributed by atoms with Gasteiger partial charge in [0, 0.05) is 44.1 Å². The minimum absolute atomic E-state index is 0.0403. The summed E-state index contributed by atoms with van der Waals surface area (Å²) in [6.07, 6.45) is 4.69. The molecule has 3 heterocycles. The summed E-state index contributed by atoms with van der Waals surface area (Å²) in [4.78, 5) is 19.4. The number of rotatable bonds is 12. The van der Waals surface area contributed by atoms with E-state index in [1.165, 1.54) is 13.2 Å². The van der Waals surface area contributed by atoms with E-state index in [1.54, 1.807) is 24.3 Å². The lowest BCUT2D eigenvalue weighted by atomic mass is 10.1. The van der Waals surface area contributed by atoms with Gasteiger partial charge in [0.25, 0.3) is 0 Å². The third-order valence-corrected chi connectivity index (χ3v) is 7.49. The van der Waals surface area contributed by atoms with Crippen molar-refractivity contribution in [1.29, 1.82) is 5.26 Å². The van der Waals surface area contributed by atoms with E-state index in [4.69, 9.17) is 24.5 Å². The number of carbonyl (C=O) groups is 1. The zero-order chi connectivity index (χ0) is 29.5. The van der Waals surface area contributed by atoms with E-state index in [0.29, 0.717) is 43.3 Å². The first-order valence-corrected chi connectivity index (χ1v) is 14.2. The van der Waals surface area contributed by atoms with Gasteiger partial charge in [-0.05, 0) is 49.6 Å². The molecule has 0 bridgehead atoms. The molecule has 11 heteroatoms. The Labute approximate surface area is 244 Å². The van der Waals surface area contributed by atoms with Crippen molar-refractivity contribution in [1.82, 2.24) is 24.2 Å². The maximum Gasteiger partial charge on any atom is 0.337 e. The molecule has 0 unspecified atom stereocenters. The van der Waals surface area contributed by atoms with Gasteiger partial charge in [0.05, 0.1) is 54.5 Å². The van der Waals surface area contributed by atoms with E-state index < -0.39 is 5.82 Å². The summed E-state index contributed by atoms with van der Waals surface area (Å²) in [5.74, 6) is 0.540. The van der Waals surface area contributed by atoms with Crippen LogP contribution in [-0.4, -0.2) is 63.6 Å². The zero-order valence-electron chi connectivity index (χ0n) is 24.0. The molecule has 0 saturated carbocycles. The fourth-order valence-electron chi connectivity index (χ4n) is 5.22. The summed E-state index contributed by atoms with van der Waals surface area (Å²) >= 11 is 0. The van der Waals surface area contributed by atoms with Crippen molar-refractivity contribution in [2.45, 2.75) is 51.9 Å².